The van der Waals surface area contributed by atoms with E-state index in [9.17, 15) is 15.6 Å². The Morgan fingerprint density at radius 3 is 2.82 bits per heavy atom. The number of ether oxygens (including phenoxy) is 1. The number of methoxy groups -OCH3 is 1. The maximum atomic E-state index is 9.96. The fraction of sp³-hybridized carbons (Fsp3) is 0.320. The van der Waals surface area contributed by atoms with E-state index in [-0.39, 0.29) is 6.61 Å². The van der Waals surface area contributed by atoms with Crippen molar-refractivity contribution in [3.05, 3.63) is 59.0 Å². The van der Waals surface area contributed by atoms with Crippen LogP contribution in [-0.4, -0.2) is 46.9 Å². The van der Waals surface area contributed by atoms with Crippen LogP contribution in [0.25, 0.3) is 11.3 Å². The summed E-state index contributed by atoms with van der Waals surface area (Å²) in [4.78, 5) is 13.4. The van der Waals surface area contributed by atoms with Crippen LogP contribution in [0.4, 0.5) is 17.3 Å². The van der Waals surface area contributed by atoms with Crippen molar-refractivity contribution in [3.63, 3.8) is 0 Å². The summed E-state index contributed by atoms with van der Waals surface area (Å²) in [7, 11) is 1.65. The SMILES string of the molecule is COCCCc1ncc(C#N)cc1Nc1nccc(-c2cc(C#N)c3c(c2)[C@@](C)(CO)CN3)n1. The highest BCUT2D eigenvalue weighted by atomic mass is 16.5. The van der Waals surface area contributed by atoms with Crippen LogP contribution in [0.3, 0.4) is 0 Å². The van der Waals surface area contributed by atoms with Crippen molar-refractivity contribution >= 4 is 17.3 Å². The number of rotatable bonds is 8. The second-order valence-corrected chi connectivity index (χ2v) is 8.45. The predicted molar refractivity (Wildman–Crippen MR) is 128 cm³/mol. The number of pyridine rings is 1. The molecule has 0 bridgehead atoms. The van der Waals surface area contributed by atoms with Gasteiger partial charge < -0.3 is 20.5 Å². The molecule has 0 spiro atoms. The Kier molecular flexibility index (Phi) is 6.69. The summed E-state index contributed by atoms with van der Waals surface area (Å²) in [6.45, 7) is 3.09. The molecule has 0 radical (unpaired) electrons. The van der Waals surface area contributed by atoms with E-state index in [2.05, 4.69) is 37.7 Å². The molecule has 1 aliphatic rings. The number of benzene rings is 1. The van der Waals surface area contributed by atoms with E-state index in [1.165, 1.54) is 0 Å². The Bertz CT molecular complexity index is 1300. The number of nitrogens with one attached hydrogen (secondary N) is 2. The normalized spacial score (nSPS) is 16.3. The Labute approximate surface area is 198 Å². The van der Waals surface area contributed by atoms with Gasteiger partial charge in [-0.25, -0.2) is 9.97 Å². The Morgan fingerprint density at radius 2 is 2.09 bits per heavy atom. The first kappa shape index (κ1) is 23.1. The Hall–Kier alpha value is -4.05. The van der Waals surface area contributed by atoms with Crippen molar-refractivity contribution in [2.24, 2.45) is 0 Å². The predicted octanol–water partition coefficient (Wildman–Crippen LogP) is 3.28. The first-order valence-corrected chi connectivity index (χ1v) is 10.9. The summed E-state index contributed by atoms with van der Waals surface area (Å²) in [6, 6.07) is 11.6. The zero-order valence-electron chi connectivity index (χ0n) is 19.1. The van der Waals surface area contributed by atoms with E-state index >= 15 is 0 Å². The molecule has 9 nitrogen and oxygen atoms in total. The molecule has 0 saturated heterocycles. The molecule has 1 atom stereocenters. The molecular weight excluding hydrogens is 430 g/mol. The molecule has 3 aromatic rings. The van der Waals surface area contributed by atoms with E-state index in [1.54, 1.807) is 37.7 Å². The van der Waals surface area contributed by atoms with Crippen molar-refractivity contribution in [2.45, 2.75) is 25.2 Å². The van der Waals surface area contributed by atoms with Crippen LogP contribution in [0.5, 0.6) is 0 Å². The fourth-order valence-corrected chi connectivity index (χ4v) is 4.01. The lowest BCUT2D eigenvalue weighted by Crippen LogP contribution is -2.28. The molecule has 1 aliphatic heterocycles. The van der Waals surface area contributed by atoms with Crippen LogP contribution < -0.4 is 10.6 Å². The van der Waals surface area contributed by atoms with E-state index < -0.39 is 5.41 Å². The van der Waals surface area contributed by atoms with Crippen LogP contribution in [0, 0.1) is 22.7 Å². The van der Waals surface area contributed by atoms with E-state index in [0.29, 0.717) is 48.0 Å². The molecule has 0 amide bonds. The Morgan fingerprint density at radius 1 is 1.24 bits per heavy atom. The molecule has 4 rings (SSSR count). The number of hydrogen-bond donors (Lipinski definition) is 3. The average Bonchev–Trinajstić information content (AvgIpc) is 3.21. The van der Waals surface area contributed by atoms with Gasteiger partial charge in [0.1, 0.15) is 12.1 Å². The van der Waals surface area contributed by atoms with Gasteiger partial charge >= 0.3 is 0 Å². The van der Waals surface area contributed by atoms with Gasteiger partial charge in [0.2, 0.25) is 5.95 Å². The number of aryl methyl sites for hydroxylation is 1. The van der Waals surface area contributed by atoms with Gasteiger partial charge in [-0.3, -0.25) is 4.98 Å². The van der Waals surface area contributed by atoms with Crippen LogP contribution in [0.15, 0.2) is 36.7 Å². The highest BCUT2D eigenvalue weighted by Crippen LogP contribution is 2.41. The highest BCUT2D eigenvalue weighted by Gasteiger charge is 2.36. The van der Waals surface area contributed by atoms with Gasteiger partial charge in [0.15, 0.2) is 0 Å². The van der Waals surface area contributed by atoms with Crippen molar-refractivity contribution in [3.8, 4) is 23.4 Å². The monoisotopic (exact) mass is 455 g/mol. The third-order valence-electron chi connectivity index (χ3n) is 5.97. The van der Waals surface area contributed by atoms with Crippen LogP contribution in [0.2, 0.25) is 0 Å². The molecule has 1 aromatic carbocycles. The molecule has 3 N–H and O–H groups in total. The number of aliphatic hydroxyl groups excluding tert-OH is 1. The maximum Gasteiger partial charge on any atom is 0.227 e. The van der Waals surface area contributed by atoms with Crippen LogP contribution in [-0.2, 0) is 16.6 Å². The summed E-state index contributed by atoms with van der Waals surface area (Å²) in [5.74, 6) is 0.351. The molecular formula is C25H25N7O2. The van der Waals surface area contributed by atoms with Gasteiger partial charge in [-0.1, -0.05) is 6.92 Å². The summed E-state index contributed by atoms with van der Waals surface area (Å²) in [6.07, 6.45) is 4.64. The van der Waals surface area contributed by atoms with E-state index in [1.807, 2.05) is 13.0 Å². The summed E-state index contributed by atoms with van der Waals surface area (Å²) in [5, 5.41) is 35.4. The van der Waals surface area contributed by atoms with E-state index in [4.69, 9.17) is 4.74 Å². The number of hydrogen-bond acceptors (Lipinski definition) is 9. The quantitative estimate of drug-likeness (QED) is 0.436. The number of nitriles is 2. The van der Waals surface area contributed by atoms with Gasteiger partial charge in [-0.2, -0.15) is 10.5 Å². The summed E-state index contributed by atoms with van der Waals surface area (Å²) in [5.41, 5.74) is 4.95. The lowest BCUT2D eigenvalue weighted by molar-refractivity contribution is 0.195. The van der Waals surface area contributed by atoms with Crippen molar-refractivity contribution in [1.82, 2.24) is 15.0 Å². The topological polar surface area (TPSA) is 140 Å². The van der Waals surface area contributed by atoms with Crippen molar-refractivity contribution in [2.75, 3.05) is 37.5 Å². The van der Waals surface area contributed by atoms with Crippen LogP contribution >= 0.6 is 0 Å². The lowest BCUT2D eigenvalue weighted by atomic mass is 9.83. The molecule has 34 heavy (non-hydrogen) atoms. The molecule has 2 aromatic heterocycles. The zero-order valence-corrected chi connectivity index (χ0v) is 19.1. The molecule has 0 aliphatic carbocycles. The molecule has 0 saturated carbocycles. The summed E-state index contributed by atoms with van der Waals surface area (Å²) < 4.78 is 5.14. The number of nitrogens with zero attached hydrogens (tertiary/aromatic N) is 5. The van der Waals surface area contributed by atoms with Gasteiger partial charge in [0, 0.05) is 43.6 Å². The van der Waals surface area contributed by atoms with Crippen molar-refractivity contribution in [1.29, 1.82) is 10.5 Å². The number of aromatic nitrogens is 3. The minimum Gasteiger partial charge on any atom is -0.395 e. The molecule has 172 valence electrons. The summed E-state index contributed by atoms with van der Waals surface area (Å²) >= 11 is 0. The second kappa shape index (κ2) is 9.84. The third kappa shape index (κ3) is 4.53. The smallest absolute Gasteiger partial charge is 0.227 e. The molecule has 0 unspecified atom stereocenters. The largest absolute Gasteiger partial charge is 0.395 e. The Balaban J connectivity index is 1.69. The molecule has 9 heteroatoms. The zero-order chi connectivity index (χ0) is 24.1. The van der Waals surface area contributed by atoms with Crippen LogP contribution in [0.1, 0.15) is 35.7 Å². The minimum absolute atomic E-state index is 0.0357. The standard InChI is InChI=1S/C25H25N7O2/c1-25(15-33)14-30-23-18(12-27)9-17(10-19(23)25)20-5-6-28-24(31-20)32-22-8-16(11-26)13-29-21(22)4-3-7-34-2/h5-6,8-10,13,30,33H,3-4,7,14-15H2,1-2H3,(H,28,31,32)/t25-/m1/s1. The number of anilines is 3. The number of fused-ring (bicyclic) bond motifs is 1. The maximum absolute atomic E-state index is 9.96. The molecule has 3 heterocycles. The van der Waals surface area contributed by atoms with Gasteiger partial charge in [0.05, 0.1) is 40.5 Å². The fourth-order valence-electron chi connectivity index (χ4n) is 4.01. The minimum atomic E-state index is -0.481. The average molecular weight is 456 g/mol. The van der Waals surface area contributed by atoms with Gasteiger partial charge in [0.25, 0.3) is 0 Å². The second-order valence-electron chi connectivity index (χ2n) is 8.45. The van der Waals surface area contributed by atoms with Gasteiger partial charge in [-0.05, 0) is 42.7 Å². The van der Waals surface area contributed by atoms with Gasteiger partial charge in [-0.15, -0.1) is 0 Å². The number of aliphatic hydroxyl groups is 1. The first-order chi connectivity index (χ1) is 16.5. The van der Waals surface area contributed by atoms with E-state index in [0.717, 1.165) is 28.9 Å². The highest BCUT2D eigenvalue weighted by molar-refractivity contribution is 5.76. The first-order valence-electron chi connectivity index (χ1n) is 10.9. The van der Waals surface area contributed by atoms with Crippen molar-refractivity contribution < 1.29 is 9.84 Å². The third-order valence-corrected chi connectivity index (χ3v) is 5.97. The lowest BCUT2D eigenvalue weighted by Gasteiger charge is -2.21. The molecule has 0 fully saturated rings.